The lowest BCUT2D eigenvalue weighted by Crippen LogP contribution is -2.35. The number of pyridine rings is 1. The summed E-state index contributed by atoms with van der Waals surface area (Å²) in [6.45, 7) is 6.23. The Kier molecular flexibility index (Phi) is 7.96. The summed E-state index contributed by atoms with van der Waals surface area (Å²) in [6, 6.07) is 24.5. The van der Waals surface area contributed by atoms with E-state index < -0.39 is 11.6 Å². The van der Waals surface area contributed by atoms with E-state index in [-0.39, 0.29) is 11.8 Å². The maximum absolute atomic E-state index is 13.4. The van der Waals surface area contributed by atoms with Gasteiger partial charge in [0.1, 0.15) is 17.4 Å². The number of hydrogen-bond acceptors (Lipinski definition) is 6. The Labute approximate surface area is 222 Å². The average Bonchev–Trinajstić information content (AvgIpc) is 3.45. The zero-order valence-corrected chi connectivity index (χ0v) is 21.6. The first-order valence-electron chi connectivity index (χ1n) is 12.3. The van der Waals surface area contributed by atoms with Crippen LogP contribution in [0.1, 0.15) is 49.4 Å². The van der Waals surface area contributed by atoms with Crippen molar-refractivity contribution in [3.63, 3.8) is 0 Å². The van der Waals surface area contributed by atoms with E-state index in [1.54, 1.807) is 49.1 Å². The molecule has 0 radical (unpaired) electrons. The van der Waals surface area contributed by atoms with Gasteiger partial charge in [-0.1, -0.05) is 49.4 Å². The maximum Gasteiger partial charge on any atom is 0.247 e. The molecule has 8 heteroatoms. The molecule has 38 heavy (non-hydrogen) atoms. The quantitative estimate of drug-likeness (QED) is 0.326. The predicted molar refractivity (Wildman–Crippen MR) is 146 cm³/mol. The molecule has 0 bridgehead atoms. The van der Waals surface area contributed by atoms with Gasteiger partial charge in [-0.3, -0.25) is 9.48 Å². The summed E-state index contributed by atoms with van der Waals surface area (Å²) in [5, 5.41) is 29.0. The van der Waals surface area contributed by atoms with Crippen molar-refractivity contribution in [3.8, 4) is 23.3 Å². The summed E-state index contributed by atoms with van der Waals surface area (Å²) in [4.78, 5) is 17.8. The minimum Gasteiger partial charge on any atom is -0.309 e. The normalized spacial score (nSPS) is 12.7. The van der Waals surface area contributed by atoms with Gasteiger partial charge in [-0.05, 0) is 55.2 Å². The van der Waals surface area contributed by atoms with Gasteiger partial charge >= 0.3 is 0 Å². The third kappa shape index (κ3) is 6.12. The third-order valence-electron chi connectivity index (χ3n) is 6.41. The zero-order valence-electron chi connectivity index (χ0n) is 21.6. The Morgan fingerprint density at radius 2 is 1.71 bits per heavy atom. The minimum atomic E-state index is -0.753. The minimum absolute atomic E-state index is 0.131. The van der Waals surface area contributed by atoms with E-state index in [2.05, 4.69) is 39.8 Å². The molecule has 0 saturated carbocycles. The van der Waals surface area contributed by atoms with Crippen LogP contribution in [0.25, 0.3) is 11.1 Å². The van der Waals surface area contributed by atoms with Crippen LogP contribution in [0.3, 0.4) is 0 Å². The Balaban J connectivity index is 1.46. The number of nitrogens with one attached hydrogen (secondary N) is 2. The van der Waals surface area contributed by atoms with Crippen LogP contribution < -0.4 is 10.6 Å². The number of aromatic nitrogens is 3. The summed E-state index contributed by atoms with van der Waals surface area (Å²) in [5.41, 5.74) is 3.46. The highest BCUT2D eigenvalue weighted by molar-refractivity contribution is 5.95. The summed E-state index contributed by atoms with van der Waals surface area (Å²) >= 11 is 0. The molecule has 2 heterocycles. The van der Waals surface area contributed by atoms with Crippen molar-refractivity contribution in [2.45, 2.75) is 38.3 Å². The van der Waals surface area contributed by atoms with Crippen LogP contribution in [0.15, 0.2) is 85.3 Å². The number of carbonyl (C=O) groups is 1. The molecule has 0 aliphatic carbocycles. The fourth-order valence-electron chi connectivity index (χ4n) is 3.97. The van der Waals surface area contributed by atoms with E-state index in [9.17, 15) is 10.1 Å². The molecule has 4 rings (SSSR count). The fraction of sp³-hybridized carbons (Fsp3) is 0.233. The molecule has 0 fully saturated rings. The number of nitriles is 2. The molecular formula is C30H29N7O. The first kappa shape index (κ1) is 26.3. The maximum atomic E-state index is 13.4. The first-order chi connectivity index (χ1) is 18.3. The second kappa shape index (κ2) is 11.5. The van der Waals surface area contributed by atoms with E-state index in [4.69, 9.17) is 5.26 Å². The lowest BCUT2D eigenvalue weighted by Gasteiger charge is -2.21. The Morgan fingerprint density at radius 1 is 0.974 bits per heavy atom. The van der Waals surface area contributed by atoms with E-state index in [1.807, 2.05) is 54.7 Å². The largest absolute Gasteiger partial charge is 0.309 e. The van der Waals surface area contributed by atoms with Crippen LogP contribution >= 0.6 is 0 Å². The number of amides is 1. The van der Waals surface area contributed by atoms with Crippen molar-refractivity contribution in [3.05, 3.63) is 102 Å². The molecular weight excluding hydrogens is 474 g/mol. The number of benzene rings is 2. The van der Waals surface area contributed by atoms with Crippen molar-refractivity contribution >= 4 is 11.7 Å². The summed E-state index contributed by atoms with van der Waals surface area (Å²) < 4.78 is 1.62. The van der Waals surface area contributed by atoms with Crippen LogP contribution in [0.5, 0.6) is 0 Å². The number of hydrogen-bond donors (Lipinski definition) is 2. The van der Waals surface area contributed by atoms with Crippen molar-refractivity contribution < 1.29 is 4.79 Å². The lowest BCUT2D eigenvalue weighted by atomic mass is 9.98. The Morgan fingerprint density at radius 3 is 2.34 bits per heavy atom. The molecule has 2 aromatic heterocycles. The molecule has 0 aliphatic rings. The molecule has 1 amide bonds. The van der Waals surface area contributed by atoms with Gasteiger partial charge in [0.15, 0.2) is 0 Å². The Bertz CT molecular complexity index is 1460. The molecule has 0 aliphatic heterocycles. The molecule has 0 saturated heterocycles. The van der Waals surface area contributed by atoms with E-state index in [0.717, 1.165) is 22.3 Å². The summed E-state index contributed by atoms with van der Waals surface area (Å²) in [7, 11) is 0. The Hall–Kier alpha value is -4.79. The van der Waals surface area contributed by atoms with Gasteiger partial charge < -0.3 is 10.6 Å². The van der Waals surface area contributed by atoms with Crippen LogP contribution in [-0.2, 0) is 10.3 Å². The first-order valence-corrected chi connectivity index (χ1v) is 12.3. The van der Waals surface area contributed by atoms with Crippen LogP contribution in [0.4, 0.5) is 5.82 Å². The topological polar surface area (TPSA) is 119 Å². The van der Waals surface area contributed by atoms with Gasteiger partial charge in [0, 0.05) is 30.1 Å². The van der Waals surface area contributed by atoms with Gasteiger partial charge in [-0.2, -0.15) is 15.6 Å². The van der Waals surface area contributed by atoms with Crippen molar-refractivity contribution in [2.75, 3.05) is 11.9 Å². The molecule has 2 atom stereocenters. The van der Waals surface area contributed by atoms with Crippen LogP contribution in [-0.4, -0.2) is 27.2 Å². The van der Waals surface area contributed by atoms with E-state index >= 15 is 0 Å². The molecule has 2 aromatic carbocycles. The van der Waals surface area contributed by atoms with Crippen molar-refractivity contribution in [1.29, 1.82) is 10.5 Å². The highest BCUT2D eigenvalue weighted by Crippen LogP contribution is 2.23. The molecule has 8 nitrogen and oxygen atoms in total. The predicted octanol–water partition coefficient (Wildman–Crippen LogP) is 5.15. The highest BCUT2D eigenvalue weighted by Gasteiger charge is 2.23. The molecule has 190 valence electrons. The van der Waals surface area contributed by atoms with Gasteiger partial charge in [0.25, 0.3) is 0 Å². The standard InChI is InChI=1S/C30H29N7O/c1-21(23-11-9-22(15-31)10-12-23)16-34-28(24-7-5-4-6-8-24)29(38)36-27-14-13-25(17-33-27)26-18-35-37(19-26)30(2,3)20-32/h4-14,17-19,21,28,34H,16H2,1-3H3,(H,33,36,38)/t21?,28-/m0/s1. The number of rotatable bonds is 9. The van der Waals surface area contributed by atoms with Crippen molar-refractivity contribution in [1.82, 2.24) is 20.1 Å². The molecule has 4 aromatic rings. The van der Waals surface area contributed by atoms with Gasteiger partial charge in [0.05, 0.1) is 23.9 Å². The van der Waals surface area contributed by atoms with Crippen LogP contribution in [0.2, 0.25) is 0 Å². The monoisotopic (exact) mass is 503 g/mol. The number of carbonyl (C=O) groups excluding carboxylic acids is 1. The smallest absolute Gasteiger partial charge is 0.247 e. The number of nitrogens with zero attached hydrogens (tertiary/aromatic N) is 5. The fourth-order valence-corrected chi connectivity index (χ4v) is 3.97. The van der Waals surface area contributed by atoms with Gasteiger partial charge in [-0.25, -0.2) is 4.98 Å². The second-order valence-corrected chi connectivity index (χ2v) is 9.65. The zero-order chi connectivity index (χ0) is 27.1. The molecule has 1 unspecified atom stereocenters. The number of anilines is 1. The summed E-state index contributed by atoms with van der Waals surface area (Å²) in [5.74, 6) is 0.351. The van der Waals surface area contributed by atoms with Crippen molar-refractivity contribution in [2.24, 2.45) is 0 Å². The average molecular weight is 504 g/mol. The highest BCUT2D eigenvalue weighted by atomic mass is 16.2. The van der Waals surface area contributed by atoms with Gasteiger partial charge in [-0.15, -0.1) is 0 Å². The van der Waals surface area contributed by atoms with Gasteiger partial charge in [0.2, 0.25) is 5.91 Å². The summed E-state index contributed by atoms with van der Waals surface area (Å²) in [6.07, 6.45) is 5.18. The second-order valence-electron chi connectivity index (χ2n) is 9.65. The van der Waals surface area contributed by atoms with E-state index in [0.29, 0.717) is 17.9 Å². The molecule has 2 N–H and O–H groups in total. The third-order valence-corrected chi connectivity index (χ3v) is 6.41. The van der Waals surface area contributed by atoms with Crippen LogP contribution in [0, 0.1) is 22.7 Å². The molecule has 0 spiro atoms. The van der Waals surface area contributed by atoms with E-state index in [1.165, 1.54) is 0 Å². The SMILES string of the molecule is CC(CN[C@H](C(=O)Nc1ccc(-c2cnn(C(C)(C)C#N)c2)cn1)c1ccccc1)c1ccc(C#N)cc1. The lowest BCUT2D eigenvalue weighted by molar-refractivity contribution is -0.118.